The van der Waals surface area contributed by atoms with Crippen LogP contribution in [0.2, 0.25) is 0 Å². The number of hydrogen-bond donors (Lipinski definition) is 2. The summed E-state index contributed by atoms with van der Waals surface area (Å²) in [5, 5.41) is 18.4. The van der Waals surface area contributed by atoms with Crippen molar-refractivity contribution < 1.29 is 10.2 Å². The normalized spacial score (nSPS) is 18.4. The van der Waals surface area contributed by atoms with E-state index in [4.69, 9.17) is 5.11 Å². The van der Waals surface area contributed by atoms with Gasteiger partial charge < -0.3 is 10.2 Å². The molecule has 108 valence electrons. The Morgan fingerprint density at radius 2 is 2.00 bits per heavy atom. The van der Waals surface area contributed by atoms with Crippen molar-refractivity contribution in [2.24, 2.45) is 5.92 Å². The number of aliphatic hydroxyl groups excluding tert-OH is 2. The van der Waals surface area contributed by atoms with Crippen molar-refractivity contribution in [2.45, 2.75) is 32.4 Å². The lowest BCUT2D eigenvalue weighted by atomic mass is 9.92. The van der Waals surface area contributed by atoms with Crippen molar-refractivity contribution in [1.29, 1.82) is 0 Å². The third-order valence-electron chi connectivity index (χ3n) is 4.03. The van der Waals surface area contributed by atoms with E-state index in [0.29, 0.717) is 5.92 Å². The lowest BCUT2D eigenvalue weighted by molar-refractivity contribution is 0.0695. The molecule has 0 amide bonds. The van der Waals surface area contributed by atoms with Gasteiger partial charge in [0.1, 0.15) is 6.61 Å². The Balaban J connectivity index is 1.98. The smallest absolute Gasteiger partial charge is 0.104 e. The summed E-state index contributed by atoms with van der Waals surface area (Å²) < 4.78 is 0. The highest BCUT2D eigenvalue weighted by Gasteiger charge is 2.22. The summed E-state index contributed by atoms with van der Waals surface area (Å²) in [5.74, 6) is 6.17. The summed E-state index contributed by atoms with van der Waals surface area (Å²) in [6, 6.07) is 8.11. The first kappa shape index (κ1) is 15.1. The number of rotatable bonds is 3. The predicted octanol–water partition coefficient (Wildman–Crippen LogP) is 1.62. The zero-order chi connectivity index (χ0) is 14.4. The van der Waals surface area contributed by atoms with Crippen LogP contribution in [-0.4, -0.2) is 40.9 Å². The Morgan fingerprint density at radius 1 is 1.30 bits per heavy atom. The zero-order valence-corrected chi connectivity index (χ0v) is 12.0. The molecule has 2 N–H and O–H groups in total. The van der Waals surface area contributed by atoms with Crippen LogP contribution in [-0.2, 0) is 6.54 Å². The molecule has 0 aliphatic carbocycles. The van der Waals surface area contributed by atoms with Crippen LogP contribution >= 0.6 is 0 Å². The lowest BCUT2D eigenvalue weighted by Gasteiger charge is -2.33. The van der Waals surface area contributed by atoms with E-state index >= 15 is 0 Å². The van der Waals surface area contributed by atoms with Crippen molar-refractivity contribution in [2.75, 3.05) is 19.7 Å². The van der Waals surface area contributed by atoms with Gasteiger partial charge in [-0.1, -0.05) is 30.0 Å². The molecule has 2 rings (SSSR count). The van der Waals surface area contributed by atoms with Gasteiger partial charge in [-0.15, -0.1) is 0 Å². The van der Waals surface area contributed by atoms with Gasteiger partial charge in [0.15, 0.2) is 0 Å². The molecule has 0 spiro atoms. The second-order valence-electron chi connectivity index (χ2n) is 5.47. The van der Waals surface area contributed by atoms with Crippen LogP contribution in [0.5, 0.6) is 0 Å². The predicted molar refractivity (Wildman–Crippen MR) is 80.1 cm³/mol. The molecule has 0 radical (unpaired) electrons. The molecule has 1 aromatic carbocycles. The lowest BCUT2D eigenvalue weighted by Crippen LogP contribution is -2.36. The van der Waals surface area contributed by atoms with E-state index in [2.05, 4.69) is 22.8 Å². The summed E-state index contributed by atoms with van der Waals surface area (Å²) in [5.41, 5.74) is 2.21. The van der Waals surface area contributed by atoms with Gasteiger partial charge in [-0.2, -0.15) is 0 Å². The molecule has 20 heavy (non-hydrogen) atoms. The molecule has 1 saturated heterocycles. The average Bonchev–Trinajstić information content (AvgIpc) is 2.47. The van der Waals surface area contributed by atoms with Crippen LogP contribution in [0.25, 0.3) is 0 Å². The molecule has 1 heterocycles. The van der Waals surface area contributed by atoms with Gasteiger partial charge in [-0.3, -0.25) is 4.90 Å². The second-order valence-corrected chi connectivity index (χ2v) is 5.47. The fraction of sp³-hybridized carbons (Fsp3) is 0.529. The Labute approximate surface area is 121 Å². The summed E-state index contributed by atoms with van der Waals surface area (Å²) in [6.07, 6.45) is 1.92. The Hall–Kier alpha value is -1.34. The third-order valence-corrected chi connectivity index (χ3v) is 4.03. The van der Waals surface area contributed by atoms with Gasteiger partial charge in [0.2, 0.25) is 0 Å². The number of likely N-dealkylation sites (tertiary alicyclic amines) is 1. The minimum Gasteiger partial charge on any atom is -0.393 e. The molecule has 3 heteroatoms. The zero-order valence-electron chi connectivity index (χ0n) is 12.0. The molecular weight excluding hydrogens is 250 g/mol. The van der Waals surface area contributed by atoms with Gasteiger partial charge in [0, 0.05) is 12.1 Å². The largest absolute Gasteiger partial charge is 0.393 e. The fourth-order valence-electron chi connectivity index (χ4n) is 2.75. The van der Waals surface area contributed by atoms with Crippen molar-refractivity contribution >= 4 is 0 Å². The maximum absolute atomic E-state index is 9.63. The van der Waals surface area contributed by atoms with Gasteiger partial charge in [0.25, 0.3) is 0 Å². The highest BCUT2D eigenvalue weighted by atomic mass is 16.3. The monoisotopic (exact) mass is 273 g/mol. The maximum atomic E-state index is 9.63. The molecule has 0 aromatic heterocycles. The average molecular weight is 273 g/mol. The molecule has 1 aromatic rings. The van der Waals surface area contributed by atoms with E-state index in [0.717, 1.165) is 38.0 Å². The molecular formula is C17H23NO2. The molecule has 1 aliphatic heterocycles. The molecule has 0 bridgehead atoms. The number of aliphatic hydroxyl groups is 2. The summed E-state index contributed by atoms with van der Waals surface area (Å²) in [6.45, 7) is 4.73. The first-order valence-electron chi connectivity index (χ1n) is 7.28. The van der Waals surface area contributed by atoms with E-state index in [1.807, 2.05) is 25.1 Å². The second kappa shape index (κ2) is 7.44. The highest BCUT2D eigenvalue weighted by Crippen LogP contribution is 2.22. The van der Waals surface area contributed by atoms with Gasteiger partial charge in [-0.05, 0) is 50.4 Å². The quantitative estimate of drug-likeness (QED) is 0.823. The van der Waals surface area contributed by atoms with Gasteiger partial charge in [0.05, 0.1) is 6.10 Å². The van der Waals surface area contributed by atoms with Crippen molar-refractivity contribution in [3.63, 3.8) is 0 Å². The Kier molecular flexibility index (Phi) is 5.60. The van der Waals surface area contributed by atoms with Gasteiger partial charge >= 0.3 is 0 Å². The molecule has 3 nitrogen and oxygen atoms in total. The Morgan fingerprint density at radius 3 is 2.65 bits per heavy atom. The van der Waals surface area contributed by atoms with Crippen LogP contribution in [0, 0.1) is 17.8 Å². The summed E-state index contributed by atoms with van der Waals surface area (Å²) in [4.78, 5) is 2.42. The molecule has 1 atom stereocenters. The Bertz CT molecular complexity index is 479. The number of nitrogens with zero attached hydrogens (tertiary/aromatic N) is 1. The van der Waals surface area contributed by atoms with Crippen molar-refractivity contribution in [3.8, 4) is 11.8 Å². The van der Waals surface area contributed by atoms with Crippen molar-refractivity contribution in [3.05, 3.63) is 35.4 Å². The van der Waals surface area contributed by atoms with Crippen LogP contribution in [0.1, 0.15) is 30.9 Å². The minimum absolute atomic E-state index is 0.103. The molecule has 0 saturated carbocycles. The SMILES string of the molecule is CC(O)C1CCN(Cc2ccccc2C#CCO)CC1. The topological polar surface area (TPSA) is 43.7 Å². The third kappa shape index (κ3) is 4.08. The maximum Gasteiger partial charge on any atom is 0.104 e. The first-order chi connectivity index (χ1) is 9.70. The number of piperidine rings is 1. The van der Waals surface area contributed by atoms with Gasteiger partial charge in [-0.25, -0.2) is 0 Å². The number of benzene rings is 1. The van der Waals surface area contributed by atoms with E-state index in [-0.39, 0.29) is 12.7 Å². The van der Waals surface area contributed by atoms with E-state index in [1.165, 1.54) is 5.56 Å². The van der Waals surface area contributed by atoms with Crippen LogP contribution in [0.15, 0.2) is 24.3 Å². The molecule has 1 unspecified atom stereocenters. The molecule has 1 aliphatic rings. The van der Waals surface area contributed by atoms with E-state index in [1.54, 1.807) is 0 Å². The summed E-state index contributed by atoms with van der Waals surface area (Å²) >= 11 is 0. The van der Waals surface area contributed by atoms with Crippen LogP contribution in [0.3, 0.4) is 0 Å². The standard InChI is InChI=1S/C17H23NO2/c1-14(20)15-8-10-18(11-9-15)13-17-6-3-2-5-16(17)7-4-12-19/h2-3,5-6,14-15,19-20H,8-13H2,1H3. The number of hydrogen-bond acceptors (Lipinski definition) is 3. The van der Waals surface area contributed by atoms with Crippen LogP contribution < -0.4 is 0 Å². The summed E-state index contributed by atoms with van der Waals surface area (Å²) in [7, 11) is 0. The van der Waals surface area contributed by atoms with E-state index in [9.17, 15) is 5.11 Å². The van der Waals surface area contributed by atoms with Crippen LogP contribution in [0.4, 0.5) is 0 Å². The van der Waals surface area contributed by atoms with Crippen molar-refractivity contribution in [1.82, 2.24) is 4.90 Å². The van der Waals surface area contributed by atoms with E-state index < -0.39 is 0 Å². The minimum atomic E-state index is -0.195. The highest BCUT2D eigenvalue weighted by molar-refractivity contribution is 5.41. The molecule has 1 fully saturated rings. The fourth-order valence-corrected chi connectivity index (χ4v) is 2.75. The first-order valence-corrected chi connectivity index (χ1v) is 7.28.